The lowest BCUT2D eigenvalue weighted by Gasteiger charge is -2.23. The van der Waals surface area contributed by atoms with Gasteiger partial charge in [-0.2, -0.15) is 0 Å². The van der Waals surface area contributed by atoms with E-state index in [1.807, 2.05) is 20.8 Å². The van der Waals surface area contributed by atoms with Crippen molar-refractivity contribution in [3.63, 3.8) is 0 Å². The van der Waals surface area contributed by atoms with Crippen LogP contribution in [0.3, 0.4) is 0 Å². The van der Waals surface area contributed by atoms with E-state index in [2.05, 4.69) is 4.74 Å². The highest BCUT2D eigenvalue weighted by Crippen LogP contribution is 2.14. The summed E-state index contributed by atoms with van der Waals surface area (Å²) in [4.78, 5) is 11.1. The second kappa shape index (κ2) is 5.19. The lowest BCUT2D eigenvalue weighted by molar-refractivity contribution is -0.167. The fourth-order valence-corrected chi connectivity index (χ4v) is 0.648. The molecule has 0 saturated heterocycles. The van der Waals surface area contributed by atoms with Crippen LogP contribution in [0.2, 0.25) is 0 Å². The summed E-state index contributed by atoms with van der Waals surface area (Å²) in [7, 11) is 1.34. The zero-order valence-corrected chi connectivity index (χ0v) is 8.66. The quantitative estimate of drug-likeness (QED) is 0.520. The highest BCUT2D eigenvalue weighted by Gasteiger charge is 2.21. The molecule has 4 nitrogen and oxygen atoms in total. The van der Waals surface area contributed by atoms with Gasteiger partial charge in [-0.05, 0) is 20.3 Å². The lowest BCUT2D eigenvalue weighted by atomic mass is 10.1. The summed E-state index contributed by atoms with van der Waals surface area (Å²) in [5.41, 5.74) is -0.468. The minimum Gasteiger partial charge on any atom is -0.460 e. The number of esters is 1. The summed E-state index contributed by atoms with van der Waals surface area (Å²) in [5.74, 6) is -0.443. The second-order valence-corrected chi connectivity index (χ2v) is 3.48. The van der Waals surface area contributed by atoms with Crippen LogP contribution in [0.4, 0.5) is 0 Å². The Kier molecular flexibility index (Phi) is 4.95. The standard InChI is InChI=1S/C9H18O4/c1-5-9(2,3)13-8(11)6-7(10)12-4/h7,10H,5-6H2,1-4H3. The van der Waals surface area contributed by atoms with Gasteiger partial charge in [-0.15, -0.1) is 0 Å². The van der Waals surface area contributed by atoms with Gasteiger partial charge in [0.05, 0.1) is 6.42 Å². The number of methoxy groups -OCH3 is 1. The molecule has 13 heavy (non-hydrogen) atoms. The van der Waals surface area contributed by atoms with E-state index in [9.17, 15) is 4.79 Å². The van der Waals surface area contributed by atoms with Gasteiger partial charge in [0, 0.05) is 7.11 Å². The van der Waals surface area contributed by atoms with Gasteiger partial charge in [-0.1, -0.05) is 6.92 Å². The highest BCUT2D eigenvalue weighted by molar-refractivity contribution is 5.70. The Morgan fingerprint density at radius 3 is 2.46 bits per heavy atom. The Morgan fingerprint density at radius 2 is 2.08 bits per heavy atom. The molecule has 0 rings (SSSR count). The number of hydrogen-bond donors (Lipinski definition) is 1. The summed E-state index contributed by atoms with van der Waals surface area (Å²) in [6.07, 6.45) is -0.456. The Morgan fingerprint density at radius 1 is 1.54 bits per heavy atom. The third kappa shape index (κ3) is 5.60. The predicted octanol–water partition coefficient (Wildman–Crippen LogP) is 1.07. The van der Waals surface area contributed by atoms with Crippen LogP contribution in [0.15, 0.2) is 0 Å². The van der Waals surface area contributed by atoms with Crippen LogP contribution in [0, 0.1) is 0 Å². The lowest BCUT2D eigenvalue weighted by Crippen LogP contribution is -2.29. The summed E-state index contributed by atoms with van der Waals surface area (Å²) >= 11 is 0. The first kappa shape index (κ1) is 12.4. The molecule has 78 valence electrons. The van der Waals surface area contributed by atoms with E-state index < -0.39 is 17.9 Å². The van der Waals surface area contributed by atoms with E-state index in [1.54, 1.807) is 0 Å². The Bertz CT molecular complexity index is 165. The van der Waals surface area contributed by atoms with Crippen LogP contribution in [0.5, 0.6) is 0 Å². The molecule has 0 spiro atoms. The second-order valence-electron chi connectivity index (χ2n) is 3.48. The molecule has 0 aliphatic heterocycles. The third-order valence-corrected chi connectivity index (χ3v) is 1.85. The largest absolute Gasteiger partial charge is 0.460 e. The number of hydrogen-bond acceptors (Lipinski definition) is 4. The molecule has 0 aliphatic rings. The summed E-state index contributed by atoms with van der Waals surface area (Å²) in [6.45, 7) is 5.58. The number of carbonyl (C=O) groups excluding carboxylic acids is 1. The molecule has 4 heteroatoms. The number of aliphatic hydroxyl groups is 1. The van der Waals surface area contributed by atoms with Crippen molar-refractivity contribution in [3.8, 4) is 0 Å². The van der Waals surface area contributed by atoms with Crippen molar-refractivity contribution in [2.45, 2.75) is 45.5 Å². The molecule has 0 radical (unpaired) electrons. The van der Waals surface area contributed by atoms with E-state index in [0.29, 0.717) is 0 Å². The number of ether oxygens (including phenoxy) is 2. The molecule has 0 fully saturated rings. The molecule has 0 heterocycles. The zero-order valence-electron chi connectivity index (χ0n) is 8.66. The van der Waals surface area contributed by atoms with Crippen molar-refractivity contribution in [3.05, 3.63) is 0 Å². The Hall–Kier alpha value is -0.610. The molecule has 0 amide bonds. The fourth-order valence-electron chi connectivity index (χ4n) is 0.648. The molecule has 1 N–H and O–H groups in total. The van der Waals surface area contributed by atoms with E-state index in [4.69, 9.17) is 9.84 Å². The fraction of sp³-hybridized carbons (Fsp3) is 0.889. The van der Waals surface area contributed by atoms with Gasteiger partial charge in [0.25, 0.3) is 0 Å². The van der Waals surface area contributed by atoms with Crippen LogP contribution in [-0.2, 0) is 14.3 Å². The maximum Gasteiger partial charge on any atom is 0.311 e. The van der Waals surface area contributed by atoms with Crippen LogP contribution in [-0.4, -0.2) is 30.1 Å². The minimum atomic E-state index is -1.07. The van der Waals surface area contributed by atoms with Gasteiger partial charge < -0.3 is 14.6 Å². The molecule has 0 saturated carbocycles. The van der Waals surface area contributed by atoms with Crippen molar-refractivity contribution < 1.29 is 19.4 Å². The summed E-state index contributed by atoms with van der Waals surface area (Å²) in [5, 5.41) is 8.97. The van der Waals surface area contributed by atoms with Gasteiger partial charge in [0.1, 0.15) is 5.60 Å². The Balaban J connectivity index is 3.87. The van der Waals surface area contributed by atoms with Crippen molar-refractivity contribution >= 4 is 5.97 Å². The van der Waals surface area contributed by atoms with Crippen molar-refractivity contribution in [2.24, 2.45) is 0 Å². The molecule has 1 atom stereocenters. The van der Waals surface area contributed by atoms with Crippen LogP contribution in [0.1, 0.15) is 33.6 Å². The van der Waals surface area contributed by atoms with E-state index >= 15 is 0 Å². The summed E-state index contributed by atoms with van der Waals surface area (Å²) in [6, 6.07) is 0. The van der Waals surface area contributed by atoms with E-state index in [-0.39, 0.29) is 6.42 Å². The third-order valence-electron chi connectivity index (χ3n) is 1.85. The zero-order chi connectivity index (χ0) is 10.5. The van der Waals surface area contributed by atoms with Gasteiger partial charge in [0.15, 0.2) is 6.29 Å². The van der Waals surface area contributed by atoms with Gasteiger partial charge in [-0.25, -0.2) is 0 Å². The molecule has 1 unspecified atom stereocenters. The molecule has 0 aromatic heterocycles. The van der Waals surface area contributed by atoms with Gasteiger partial charge in [-0.3, -0.25) is 4.79 Å². The smallest absolute Gasteiger partial charge is 0.311 e. The van der Waals surface area contributed by atoms with Crippen molar-refractivity contribution in [2.75, 3.05) is 7.11 Å². The average molecular weight is 190 g/mol. The molecule has 0 aromatic rings. The number of carbonyl (C=O) groups is 1. The van der Waals surface area contributed by atoms with Crippen LogP contribution < -0.4 is 0 Å². The SMILES string of the molecule is CCC(C)(C)OC(=O)CC(O)OC. The summed E-state index contributed by atoms with van der Waals surface area (Å²) < 4.78 is 9.60. The van der Waals surface area contributed by atoms with Crippen LogP contribution >= 0.6 is 0 Å². The maximum atomic E-state index is 11.1. The van der Waals surface area contributed by atoms with E-state index in [1.165, 1.54) is 7.11 Å². The van der Waals surface area contributed by atoms with E-state index in [0.717, 1.165) is 6.42 Å². The van der Waals surface area contributed by atoms with Gasteiger partial charge >= 0.3 is 5.97 Å². The monoisotopic (exact) mass is 190 g/mol. The molecular weight excluding hydrogens is 172 g/mol. The first-order chi connectivity index (χ1) is 5.91. The Labute approximate surface area is 78.8 Å². The minimum absolute atomic E-state index is 0.125. The topological polar surface area (TPSA) is 55.8 Å². The molecular formula is C9H18O4. The van der Waals surface area contributed by atoms with Crippen molar-refractivity contribution in [1.82, 2.24) is 0 Å². The van der Waals surface area contributed by atoms with Crippen LogP contribution in [0.25, 0.3) is 0 Å². The number of aliphatic hydroxyl groups excluding tert-OH is 1. The van der Waals surface area contributed by atoms with Crippen molar-refractivity contribution in [1.29, 1.82) is 0 Å². The number of rotatable bonds is 5. The predicted molar refractivity (Wildman–Crippen MR) is 48.1 cm³/mol. The average Bonchev–Trinajstić information content (AvgIpc) is 2.03. The molecule has 0 bridgehead atoms. The highest BCUT2D eigenvalue weighted by atomic mass is 16.6. The molecule has 0 aliphatic carbocycles. The molecule has 0 aromatic carbocycles. The van der Waals surface area contributed by atoms with Gasteiger partial charge in [0.2, 0.25) is 0 Å². The maximum absolute atomic E-state index is 11.1. The normalized spacial score (nSPS) is 13.9. The first-order valence-electron chi connectivity index (χ1n) is 4.34. The first-order valence-corrected chi connectivity index (χ1v) is 4.34.